The Morgan fingerprint density at radius 1 is 0.907 bits per heavy atom. The molecule has 0 amide bonds. The van der Waals surface area contributed by atoms with E-state index in [0.717, 1.165) is 33.6 Å². The van der Waals surface area contributed by atoms with E-state index in [9.17, 15) is 0 Å². The second kappa shape index (κ2) is 12.0. The molecule has 4 nitrogen and oxygen atoms in total. The minimum atomic E-state index is -1.84. The highest BCUT2D eigenvalue weighted by molar-refractivity contribution is 6.76. The van der Waals surface area contributed by atoms with E-state index in [1.807, 2.05) is 0 Å². The minimum Gasteiger partial charge on any atom is -0.486 e. The van der Waals surface area contributed by atoms with Gasteiger partial charge in [0.25, 0.3) is 0 Å². The molecule has 0 saturated heterocycles. The number of nitrogens with zero attached hydrogens (tertiary/aromatic N) is 2. The second-order valence-electron chi connectivity index (χ2n) is 16.2. The molecule has 0 bridgehead atoms. The number of rotatable bonds is 10. The zero-order valence-corrected chi connectivity index (χ0v) is 29.8. The molecule has 2 fully saturated rings. The highest BCUT2D eigenvalue weighted by atomic mass is 28.3. The summed E-state index contributed by atoms with van der Waals surface area (Å²) in [6, 6.07) is 5.50. The Kier molecular flexibility index (Phi) is 8.76. The molecule has 43 heavy (non-hydrogen) atoms. The number of ether oxygens (including phenoxy) is 2. The van der Waals surface area contributed by atoms with Gasteiger partial charge in [0.2, 0.25) is 0 Å². The molecule has 4 atom stereocenters. The van der Waals surface area contributed by atoms with Gasteiger partial charge in [0.15, 0.2) is 19.7 Å². The lowest BCUT2D eigenvalue weighted by Gasteiger charge is -2.54. The van der Waals surface area contributed by atoms with Crippen LogP contribution in [0.15, 0.2) is 29.9 Å². The normalized spacial score (nSPS) is 28.3. The highest BCUT2D eigenvalue weighted by Crippen LogP contribution is 2.64. The number of quaternary nitrogens is 1. The van der Waals surface area contributed by atoms with E-state index < -0.39 is 8.24 Å². The maximum Gasteiger partial charge on any atom is 0.191 e. The van der Waals surface area contributed by atoms with Gasteiger partial charge in [-0.15, -0.1) is 0 Å². The summed E-state index contributed by atoms with van der Waals surface area (Å²) in [5.41, 5.74) is 7.06. The summed E-state index contributed by atoms with van der Waals surface area (Å²) in [6.07, 6.45) is 21.5. The molecular weight excluding hydrogens is 545 g/mol. The lowest BCUT2D eigenvalue weighted by molar-refractivity contribution is -0.975. The topological polar surface area (TPSA) is 21.7 Å². The maximum atomic E-state index is 6.20. The molecule has 5 heteroatoms. The van der Waals surface area contributed by atoms with Crippen LogP contribution in [-0.2, 0) is 5.41 Å². The number of allylic oxidation sites excluding steroid dienone is 4. The standard InChI is InChI=1S/C38H61N2O2Si/c1-9-11-18-38(19-12-10-2)33-24-30-28(23-31(33)32-25-35-36(26-34(32)38)42-21-20-41-35)22-27(3)37(30)43(7,8)39(40(4,5)6)29-16-14-13-15-17-29/h23-30,37H,9-22H2,1-8H3/q+1. The van der Waals surface area contributed by atoms with Gasteiger partial charge in [0.1, 0.15) is 13.2 Å². The van der Waals surface area contributed by atoms with Gasteiger partial charge >= 0.3 is 0 Å². The maximum absolute atomic E-state index is 6.20. The number of unbranched alkanes of at least 4 members (excludes halogenated alkanes) is 2. The minimum absolute atomic E-state index is 0.0964. The zero-order chi connectivity index (χ0) is 30.6. The largest absolute Gasteiger partial charge is 0.486 e. The number of benzene rings is 1. The predicted octanol–water partition coefficient (Wildman–Crippen LogP) is 9.52. The molecule has 1 aromatic carbocycles. The van der Waals surface area contributed by atoms with E-state index in [4.69, 9.17) is 9.47 Å². The first-order valence-corrected chi connectivity index (χ1v) is 21.1. The van der Waals surface area contributed by atoms with Gasteiger partial charge in [-0.1, -0.05) is 91.0 Å². The molecule has 5 aliphatic rings. The van der Waals surface area contributed by atoms with Gasteiger partial charge in [-0.25, -0.2) is 0 Å². The van der Waals surface area contributed by atoms with Crippen LogP contribution < -0.4 is 9.47 Å². The monoisotopic (exact) mass is 605 g/mol. The van der Waals surface area contributed by atoms with Crippen molar-refractivity contribution in [2.75, 3.05) is 34.4 Å². The predicted molar refractivity (Wildman–Crippen MR) is 183 cm³/mol. The van der Waals surface area contributed by atoms with Crippen molar-refractivity contribution in [2.24, 2.45) is 17.8 Å². The lowest BCUT2D eigenvalue weighted by atomic mass is 9.68. The van der Waals surface area contributed by atoms with Crippen LogP contribution in [0.25, 0.3) is 5.57 Å². The first-order valence-electron chi connectivity index (χ1n) is 18.0. The third-order valence-electron chi connectivity index (χ3n) is 12.1. The van der Waals surface area contributed by atoms with Crippen molar-refractivity contribution in [1.82, 2.24) is 4.67 Å². The molecule has 0 spiro atoms. The Balaban J connectivity index is 1.46. The molecule has 4 aliphatic carbocycles. The van der Waals surface area contributed by atoms with E-state index in [0.29, 0.717) is 25.0 Å². The molecule has 1 heterocycles. The van der Waals surface area contributed by atoms with Crippen molar-refractivity contribution < 1.29 is 14.1 Å². The average Bonchev–Trinajstić information content (AvgIpc) is 3.43. The summed E-state index contributed by atoms with van der Waals surface area (Å²) < 4.78 is 16.4. The molecule has 0 aromatic heterocycles. The molecule has 4 unspecified atom stereocenters. The van der Waals surface area contributed by atoms with Crippen molar-refractivity contribution in [3.05, 3.63) is 41.0 Å². The van der Waals surface area contributed by atoms with Crippen LogP contribution in [0.4, 0.5) is 0 Å². The first kappa shape index (κ1) is 31.4. The van der Waals surface area contributed by atoms with Crippen molar-refractivity contribution in [2.45, 2.75) is 128 Å². The van der Waals surface area contributed by atoms with Crippen LogP contribution in [-0.4, -0.2) is 57.9 Å². The molecule has 1 aromatic rings. The fourth-order valence-corrected chi connectivity index (χ4v) is 16.7. The molecule has 1 aliphatic heterocycles. The van der Waals surface area contributed by atoms with Gasteiger partial charge in [0, 0.05) is 11.5 Å². The fraction of sp³-hybridized carbons (Fsp3) is 0.737. The van der Waals surface area contributed by atoms with E-state index in [2.05, 4.69) is 84.0 Å². The zero-order valence-electron chi connectivity index (χ0n) is 28.8. The summed E-state index contributed by atoms with van der Waals surface area (Å²) in [7, 11) is 5.52. The van der Waals surface area contributed by atoms with Crippen LogP contribution in [0.5, 0.6) is 11.5 Å². The smallest absolute Gasteiger partial charge is 0.191 e. The summed E-state index contributed by atoms with van der Waals surface area (Å²) >= 11 is 0. The van der Waals surface area contributed by atoms with Gasteiger partial charge in [0.05, 0.1) is 21.1 Å². The van der Waals surface area contributed by atoms with Gasteiger partial charge < -0.3 is 9.47 Å². The highest BCUT2D eigenvalue weighted by Gasteiger charge is 2.58. The quantitative estimate of drug-likeness (QED) is 0.151. The number of fused-ring (bicyclic) bond motifs is 5. The summed E-state index contributed by atoms with van der Waals surface area (Å²) in [5, 5.41) is 0. The molecule has 2 saturated carbocycles. The third-order valence-corrected chi connectivity index (χ3v) is 16.8. The molecule has 0 radical (unpaired) electrons. The summed E-state index contributed by atoms with van der Waals surface area (Å²) in [5.74, 6) is 3.95. The van der Waals surface area contributed by atoms with Crippen LogP contribution in [0.2, 0.25) is 18.6 Å². The summed E-state index contributed by atoms with van der Waals surface area (Å²) in [6.45, 7) is 14.1. The van der Waals surface area contributed by atoms with E-state index >= 15 is 0 Å². The Hall–Kier alpha value is -1.56. The Labute approximate surface area is 264 Å². The number of hydrogen-bond donors (Lipinski definition) is 0. The van der Waals surface area contributed by atoms with Crippen LogP contribution in [0.3, 0.4) is 0 Å². The van der Waals surface area contributed by atoms with Crippen LogP contribution in [0, 0.1) is 17.8 Å². The van der Waals surface area contributed by atoms with Crippen molar-refractivity contribution in [3.63, 3.8) is 0 Å². The SMILES string of the molecule is CCCCC1(CCCC)C2=CC3C(C=C2c2cc4c(cc21)OCCO4)CC(C)C3[Si](C)(C)N(C1CCCCC1)[N+](C)(C)C. The molecule has 6 rings (SSSR count). The second-order valence-corrected chi connectivity index (χ2v) is 20.6. The van der Waals surface area contributed by atoms with Crippen LogP contribution in [0.1, 0.15) is 109 Å². The lowest BCUT2D eigenvalue weighted by Crippen LogP contribution is -2.69. The van der Waals surface area contributed by atoms with Gasteiger partial charge in [-0.3, -0.25) is 4.59 Å². The molecule has 0 N–H and O–H groups in total. The van der Waals surface area contributed by atoms with E-state index in [1.165, 1.54) is 88.2 Å². The Bertz CT molecular complexity index is 1230. The summed E-state index contributed by atoms with van der Waals surface area (Å²) in [4.78, 5) is 0. The third kappa shape index (κ3) is 5.37. The van der Waals surface area contributed by atoms with E-state index in [-0.39, 0.29) is 5.41 Å². The van der Waals surface area contributed by atoms with Crippen LogP contribution >= 0.6 is 0 Å². The molecule has 238 valence electrons. The first-order chi connectivity index (χ1) is 20.5. The fourth-order valence-electron chi connectivity index (χ4n) is 10.9. The van der Waals surface area contributed by atoms with E-state index in [1.54, 1.807) is 11.1 Å². The van der Waals surface area contributed by atoms with Gasteiger partial charge in [-0.05, 0) is 89.8 Å². The van der Waals surface area contributed by atoms with Crippen molar-refractivity contribution in [3.8, 4) is 11.5 Å². The molecular formula is C38H61N2O2Si+. The number of hydrogen-bond acceptors (Lipinski definition) is 3. The van der Waals surface area contributed by atoms with Crippen molar-refractivity contribution >= 4 is 13.8 Å². The average molecular weight is 606 g/mol. The Morgan fingerprint density at radius 3 is 2.14 bits per heavy atom. The Morgan fingerprint density at radius 2 is 1.53 bits per heavy atom. The van der Waals surface area contributed by atoms with Crippen molar-refractivity contribution in [1.29, 1.82) is 0 Å². The van der Waals surface area contributed by atoms with Gasteiger partial charge in [-0.2, -0.15) is 4.67 Å².